The van der Waals surface area contributed by atoms with E-state index in [1.54, 1.807) is 56.6 Å². The first kappa shape index (κ1) is 20.4. The zero-order valence-corrected chi connectivity index (χ0v) is 16.4. The lowest BCUT2D eigenvalue weighted by Crippen LogP contribution is -2.34. The van der Waals surface area contributed by atoms with Crippen LogP contribution >= 0.6 is 12.2 Å². The van der Waals surface area contributed by atoms with Crippen molar-refractivity contribution < 1.29 is 14.3 Å². The van der Waals surface area contributed by atoms with Crippen molar-refractivity contribution in [2.45, 2.75) is 13.3 Å². The SMILES string of the molecule is CCCOc1ccccc1C(=O)NC(=S)Nc1ccc(C(=O)N(C)C)cc1. The van der Waals surface area contributed by atoms with E-state index in [4.69, 9.17) is 17.0 Å². The van der Waals surface area contributed by atoms with Gasteiger partial charge in [0.2, 0.25) is 0 Å². The Bertz CT molecular complexity index is 819. The normalized spacial score (nSPS) is 10.0. The van der Waals surface area contributed by atoms with Crippen molar-refractivity contribution in [1.29, 1.82) is 0 Å². The van der Waals surface area contributed by atoms with Gasteiger partial charge in [-0.25, -0.2) is 0 Å². The predicted molar refractivity (Wildman–Crippen MR) is 110 cm³/mol. The fourth-order valence-electron chi connectivity index (χ4n) is 2.28. The molecule has 0 saturated heterocycles. The molecular formula is C20H23N3O3S. The van der Waals surface area contributed by atoms with Gasteiger partial charge in [-0.3, -0.25) is 14.9 Å². The minimum Gasteiger partial charge on any atom is -0.493 e. The largest absolute Gasteiger partial charge is 0.493 e. The average Bonchev–Trinajstić information content (AvgIpc) is 2.66. The van der Waals surface area contributed by atoms with Crippen LogP contribution in [0.15, 0.2) is 48.5 Å². The second kappa shape index (κ2) is 9.68. The quantitative estimate of drug-likeness (QED) is 0.747. The van der Waals surface area contributed by atoms with Gasteiger partial charge in [-0.1, -0.05) is 19.1 Å². The maximum atomic E-state index is 12.5. The summed E-state index contributed by atoms with van der Waals surface area (Å²) in [5.74, 6) is 0.0888. The standard InChI is InChI=1S/C20H23N3O3S/c1-4-13-26-17-8-6-5-7-16(17)18(24)22-20(27)21-15-11-9-14(10-12-15)19(25)23(2)3/h5-12H,4,13H2,1-3H3,(H2,21,22,24,27). The summed E-state index contributed by atoms with van der Waals surface area (Å²) < 4.78 is 5.60. The third-order valence-electron chi connectivity index (χ3n) is 3.62. The maximum absolute atomic E-state index is 12.5. The van der Waals surface area contributed by atoms with Crippen molar-refractivity contribution in [2.75, 3.05) is 26.0 Å². The first-order valence-corrected chi connectivity index (χ1v) is 8.99. The molecule has 0 aromatic heterocycles. The molecule has 27 heavy (non-hydrogen) atoms. The number of anilines is 1. The summed E-state index contributed by atoms with van der Waals surface area (Å²) in [6, 6.07) is 13.9. The molecular weight excluding hydrogens is 362 g/mol. The molecule has 142 valence electrons. The predicted octanol–water partition coefficient (Wildman–Crippen LogP) is 3.30. The zero-order valence-electron chi connectivity index (χ0n) is 15.6. The molecule has 0 saturated carbocycles. The van der Waals surface area contributed by atoms with Crippen molar-refractivity contribution in [1.82, 2.24) is 10.2 Å². The average molecular weight is 385 g/mol. The van der Waals surface area contributed by atoms with Crippen LogP contribution in [0.1, 0.15) is 34.1 Å². The van der Waals surface area contributed by atoms with E-state index in [1.165, 1.54) is 4.90 Å². The van der Waals surface area contributed by atoms with Crippen molar-refractivity contribution >= 4 is 34.8 Å². The number of carbonyl (C=O) groups excluding carboxylic acids is 2. The third-order valence-corrected chi connectivity index (χ3v) is 3.82. The molecule has 0 heterocycles. The highest BCUT2D eigenvalue weighted by Crippen LogP contribution is 2.18. The first-order valence-electron chi connectivity index (χ1n) is 8.58. The van der Waals surface area contributed by atoms with Gasteiger partial charge in [0.1, 0.15) is 5.75 Å². The van der Waals surface area contributed by atoms with E-state index < -0.39 is 0 Å². The number of hydrogen-bond donors (Lipinski definition) is 2. The number of amides is 2. The highest BCUT2D eigenvalue weighted by Gasteiger charge is 2.14. The number of thiocarbonyl (C=S) groups is 1. The molecule has 2 amide bonds. The molecule has 6 nitrogen and oxygen atoms in total. The van der Waals surface area contributed by atoms with E-state index in [2.05, 4.69) is 10.6 Å². The van der Waals surface area contributed by atoms with E-state index in [9.17, 15) is 9.59 Å². The fraction of sp³-hybridized carbons (Fsp3) is 0.250. The van der Waals surface area contributed by atoms with Crippen LogP contribution in [0.25, 0.3) is 0 Å². The molecule has 0 aliphatic rings. The van der Waals surface area contributed by atoms with Crippen molar-refractivity contribution in [3.63, 3.8) is 0 Å². The van der Waals surface area contributed by atoms with Crippen molar-refractivity contribution in [3.8, 4) is 5.75 Å². The Hall–Kier alpha value is -2.93. The second-order valence-corrected chi connectivity index (χ2v) is 6.44. The number of nitrogens with one attached hydrogen (secondary N) is 2. The van der Waals surface area contributed by atoms with Crippen molar-refractivity contribution in [3.05, 3.63) is 59.7 Å². The number of ether oxygens (including phenoxy) is 1. The van der Waals surface area contributed by atoms with Crippen LogP contribution in [0, 0.1) is 0 Å². The molecule has 0 aliphatic heterocycles. The van der Waals surface area contributed by atoms with Gasteiger partial charge < -0.3 is 15.0 Å². The van der Waals surface area contributed by atoms with Gasteiger partial charge in [-0.15, -0.1) is 0 Å². The number of nitrogens with zero attached hydrogens (tertiary/aromatic N) is 1. The Kier molecular flexibility index (Phi) is 7.31. The Labute approximate surface area is 164 Å². The molecule has 0 atom stereocenters. The van der Waals surface area contributed by atoms with Gasteiger partial charge in [-0.05, 0) is 55.0 Å². The number of benzene rings is 2. The summed E-state index contributed by atoms with van der Waals surface area (Å²) >= 11 is 5.21. The van der Waals surface area contributed by atoms with Gasteiger partial charge in [0, 0.05) is 25.3 Å². The molecule has 7 heteroatoms. The number of hydrogen-bond acceptors (Lipinski definition) is 4. The van der Waals surface area contributed by atoms with Crippen LogP contribution in [0.2, 0.25) is 0 Å². The summed E-state index contributed by atoms with van der Waals surface area (Å²) in [5, 5.41) is 5.74. The second-order valence-electron chi connectivity index (χ2n) is 6.03. The first-order chi connectivity index (χ1) is 12.9. The highest BCUT2D eigenvalue weighted by atomic mass is 32.1. The van der Waals surface area contributed by atoms with Crippen LogP contribution < -0.4 is 15.4 Å². The Morgan fingerprint density at radius 1 is 1.07 bits per heavy atom. The van der Waals surface area contributed by atoms with Gasteiger partial charge in [-0.2, -0.15) is 0 Å². The summed E-state index contributed by atoms with van der Waals surface area (Å²) in [4.78, 5) is 25.9. The van der Waals surface area contributed by atoms with Crippen LogP contribution in [0.3, 0.4) is 0 Å². The van der Waals surface area contributed by atoms with Crippen LogP contribution in [-0.4, -0.2) is 42.5 Å². The van der Waals surface area contributed by atoms with E-state index >= 15 is 0 Å². The summed E-state index contributed by atoms with van der Waals surface area (Å²) in [6.45, 7) is 2.53. The van der Waals surface area contributed by atoms with E-state index in [-0.39, 0.29) is 16.9 Å². The summed E-state index contributed by atoms with van der Waals surface area (Å²) in [6.07, 6.45) is 0.849. The topological polar surface area (TPSA) is 70.7 Å². The molecule has 2 aromatic rings. The molecule has 2 rings (SSSR count). The minimum absolute atomic E-state index is 0.0823. The van der Waals surface area contributed by atoms with Gasteiger partial charge in [0.25, 0.3) is 11.8 Å². The summed E-state index contributed by atoms with van der Waals surface area (Å²) in [7, 11) is 3.39. The van der Waals surface area contributed by atoms with E-state index in [0.29, 0.717) is 29.2 Å². The van der Waals surface area contributed by atoms with Gasteiger partial charge >= 0.3 is 0 Å². The lowest BCUT2D eigenvalue weighted by molar-refractivity contribution is 0.0827. The molecule has 2 aromatic carbocycles. The zero-order chi connectivity index (χ0) is 19.8. The summed E-state index contributed by atoms with van der Waals surface area (Å²) in [5.41, 5.74) is 1.66. The highest BCUT2D eigenvalue weighted by molar-refractivity contribution is 7.80. The molecule has 0 unspecified atom stereocenters. The van der Waals surface area contributed by atoms with Crippen LogP contribution in [0.5, 0.6) is 5.75 Å². The molecule has 0 radical (unpaired) electrons. The maximum Gasteiger partial charge on any atom is 0.261 e. The van der Waals surface area contributed by atoms with Gasteiger partial charge in [0.15, 0.2) is 5.11 Å². The lowest BCUT2D eigenvalue weighted by atomic mass is 10.2. The molecule has 0 bridgehead atoms. The van der Waals surface area contributed by atoms with Gasteiger partial charge in [0.05, 0.1) is 12.2 Å². The molecule has 0 fully saturated rings. The third kappa shape index (κ3) is 5.79. The lowest BCUT2D eigenvalue weighted by Gasteiger charge is -2.13. The Morgan fingerprint density at radius 3 is 2.37 bits per heavy atom. The van der Waals surface area contributed by atoms with Crippen LogP contribution in [-0.2, 0) is 0 Å². The minimum atomic E-state index is -0.349. The Morgan fingerprint density at radius 2 is 1.74 bits per heavy atom. The van der Waals surface area contributed by atoms with Crippen molar-refractivity contribution in [2.24, 2.45) is 0 Å². The molecule has 0 spiro atoms. The Balaban J connectivity index is 1.99. The van der Waals surface area contributed by atoms with Crippen LogP contribution in [0.4, 0.5) is 5.69 Å². The number of carbonyl (C=O) groups is 2. The monoisotopic (exact) mass is 385 g/mol. The fourth-order valence-corrected chi connectivity index (χ4v) is 2.49. The molecule has 2 N–H and O–H groups in total. The number of para-hydroxylation sites is 1. The molecule has 0 aliphatic carbocycles. The number of rotatable bonds is 6. The smallest absolute Gasteiger partial charge is 0.261 e. The van der Waals surface area contributed by atoms with E-state index in [0.717, 1.165) is 6.42 Å². The van der Waals surface area contributed by atoms with E-state index in [1.807, 2.05) is 13.0 Å².